The topological polar surface area (TPSA) is 9.23 Å². The van der Waals surface area contributed by atoms with Crippen LogP contribution in [0, 0.1) is 0 Å². The van der Waals surface area contributed by atoms with E-state index in [1.165, 1.54) is 7.11 Å². The number of hydrogen-bond donors (Lipinski definition) is 0. The lowest BCUT2D eigenvalue weighted by molar-refractivity contribution is 0.415. The molecule has 1 unspecified atom stereocenters. The molecule has 1 atom stereocenters. The molecule has 0 bridgehead atoms. The van der Waals surface area contributed by atoms with Gasteiger partial charge in [0.15, 0.2) is 0 Å². The molecule has 0 aliphatic rings. The molecule has 1 nitrogen and oxygen atoms in total. The normalized spacial score (nSPS) is 12.3. The van der Waals surface area contributed by atoms with E-state index in [0.717, 1.165) is 11.1 Å². The molecule has 0 fully saturated rings. The van der Waals surface area contributed by atoms with Gasteiger partial charge in [-0.1, -0.05) is 62.3 Å². The highest BCUT2D eigenvalue weighted by Crippen LogP contribution is 2.42. The van der Waals surface area contributed by atoms with Crippen LogP contribution in [0.2, 0.25) is 20.1 Å². The highest BCUT2D eigenvalue weighted by atomic mass is 79.9. The van der Waals surface area contributed by atoms with Crippen molar-refractivity contribution in [2.75, 3.05) is 7.11 Å². The van der Waals surface area contributed by atoms with E-state index in [9.17, 15) is 0 Å². The summed E-state index contributed by atoms with van der Waals surface area (Å²) in [5, 5.41) is 2.21. The molecule has 2 rings (SSSR count). The maximum absolute atomic E-state index is 6.27. The standard InChI is InChI=1S/C14H9BrCl4O/c1-20-13-6-11(18)9(5-12(13)19)14(15)8-4-7(16)2-3-10(8)17/h2-6,14H,1H3. The van der Waals surface area contributed by atoms with Gasteiger partial charge in [-0.3, -0.25) is 0 Å². The molecule has 20 heavy (non-hydrogen) atoms. The fourth-order valence-electron chi connectivity index (χ4n) is 1.77. The maximum atomic E-state index is 6.27. The van der Waals surface area contributed by atoms with Gasteiger partial charge in [-0.05, 0) is 35.4 Å². The van der Waals surface area contributed by atoms with Crippen LogP contribution < -0.4 is 4.74 Å². The Morgan fingerprint density at radius 2 is 1.55 bits per heavy atom. The van der Waals surface area contributed by atoms with E-state index in [-0.39, 0.29) is 4.83 Å². The first-order valence-electron chi connectivity index (χ1n) is 5.56. The van der Waals surface area contributed by atoms with Crippen LogP contribution in [0.5, 0.6) is 5.75 Å². The van der Waals surface area contributed by atoms with Crippen molar-refractivity contribution in [2.45, 2.75) is 4.83 Å². The second kappa shape index (κ2) is 6.76. The van der Waals surface area contributed by atoms with Gasteiger partial charge in [0, 0.05) is 21.1 Å². The fourth-order valence-corrected chi connectivity index (χ4v) is 3.71. The van der Waals surface area contributed by atoms with E-state index >= 15 is 0 Å². The highest BCUT2D eigenvalue weighted by Gasteiger charge is 2.19. The Hall–Kier alpha value is -0.120. The maximum Gasteiger partial charge on any atom is 0.138 e. The molecular formula is C14H9BrCl4O. The number of rotatable bonds is 3. The molecule has 0 aromatic heterocycles. The van der Waals surface area contributed by atoms with E-state index in [2.05, 4.69) is 15.9 Å². The summed E-state index contributed by atoms with van der Waals surface area (Å²) in [5.74, 6) is 0.525. The third-order valence-electron chi connectivity index (χ3n) is 2.78. The van der Waals surface area contributed by atoms with Crippen molar-refractivity contribution in [3.63, 3.8) is 0 Å². The van der Waals surface area contributed by atoms with E-state index < -0.39 is 0 Å². The quantitative estimate of drug-likeness (QED) is 0.502. The van der Waals surface area contributed by atoms with E-state index in [4.69, 9.17) is 51.1 Å². The van der Waals surface area contributed by atoms with E-state index in [0.29, 0.717) is 25.8 Å². The molecule has 0 aliphatic heterocycles. The predicted octanol–water partition coefficient (Wildman–Crippen LogP) is 6.79. The van der Waals surface area contributed by atoms with Gasteiger partial charge in [0.05, 0.1) is 17.0 Å². The Bertz CT molecular complexity index is 645. The van der Waals surface area contributed by atoms with Gasteiger partial charge in [-0.2, -0.15) is 0 Å². The molecule has 106 valence electrons. The molecule has 0 spiro atoms. The summed E-state index contributed by atoms with van der Waals surface area (Å²) in [5.41, 5.74) is 1.61. The Labute approximate surface area is 145 Å². The van der Waals surface area contributed by atoms with Crippen molar-refractivity contribution < 1.29 is 4.74 Å². The van der Waals surface area contributed by atoms with Gasteiger partial charge in [0.1, 0.15) is 5.75 Å². The molecule has 0 heterocycles. The fraction of sp³-hybridized carbons (Fsp3) is 0.143. The van der Waals surface area contributed by atoms with Crippen LogP contribution in [0.15, 0.2) is 30.3 Å². The van der Waals surface area contributed by atoms with Crippen LogP contribution in [-0.4, -0.2) is 7.11 Å². The number of hydrogen-bond acceptors (Lipinski definition) is 1. The third-order valence-corrected chi connectivity index (χ3v) is 4.96. The SMILES string of the molecule is COc1cc(Cl)c(C(Br)c2cc(Cl)ccc2Cl)cc1Cl. The molecule has 0 N–H and O–H groups in total. The second-order valence-corrected chi connectivity index (χ2v) is 6.61. The van der Waals surface area contributed by atoms with Crippen LogP contribution in [0.25, 0.3) is 0 Å². The summed E-state index contributed by atoms with van der Waals surface area (Å²) in [7, 11) is 1.54. The third kappa shape index (κ3) is 3.37. The first kappa shape index (κ1) is 16.3. The molecule has 0 saturated carbocycles. The lowest BCUT2D eigenvalue weighted by Crippen LogP contribution is -1.96. The minimum Gasteiger partial charge on any atom is -0.495 e. The lowest BCUT2D eigenvalue weighted by atomic mass is 10.0. The molecule has 6 heteroatoms. The lowest BCUT2D eigenvalue weighted by Gasteiger charge is -2.16. The zero-order chi connectivity index (χ0) is 14.9. The average Bonchev–Trinajstić information content (AvgIpc) is 2.42. The summed E-state index contributed by atoms with van der Waals surface area (Å²) in [6.45, 7) is 0. The van der Waals surface area contributed by atoms with Gasteiger partial charge >= 0.3 is 0 Å². The van der Waals surface area contributed by atoms with Gasteiger partial charge in [-0.15, -0.1) is 0 Å². The first-order chi connectivity index (χ1) is 9.43. The second-order valence-electron chi connectivity index (χ2n) is 4.04. The Balaban J connectivity index is 2.50. The predicted molar refractivity (Wildman–Crippen MR) is 90.2 cm³/mol. The summed E-state index contributed by atoms with van der Waals surface area (Å²) < 4.78 is 5.13. The van der Waals surface area contributed by atoms with E-state index in [1.54, 1.807) is 30.3 Å². The van der Waals surface area contributed by atoms with Gasteiger partial charge in [-0.25, -0.2) is 0 Å². The first-order valence-corrected chi connectivity index (χ1v) is 7.98. The van der Waals surface area contributed by atoms with Crippen LogP contribution in [0.3, 0.4) is 0 Å². The largest absolute Gasteiger partial charge is 0.495 e. The Morgan fingerprint density at radius 1 is 0.900 bits per heavy atom. The molecular weight excluding hydrogens is 406 g/mol. The summed E-state index contributed by atoms with van der Waals surface area (Å²) in [4.78, 5) is -0.218. The highest BCUT2D eigenvalue weighted by molar-refractivity contribution is 9.09. The molecule has 2 aromatic rings. The van der Waals surface area contributed by atoms with Crippen LogP contribution >= 0.6 is 62.3 Å². The van der Waals surface area contributed by atoms with Crippen LogP contribution in [0.4, 0.5) is 0 Å². The zero-order valence-corrected chi connectivity index (χ0v) is 14.9. The monoisotopic (exact) mass is 412 g/mol. The van der Waals surface area contributed by atoms with Crippen LogP contribution in [0.1, 0.15) is 16.0 Å². The molecule has 0 aliphatic carbocycles. The van der Waals surface area contributed by atoms with Crippen molar-refractivity contribution in [2.24, 2.45) is 0 Å². The van der Waals surface area contributed by atoms with Crippen molar-refractivity contribution in [3.8, 4) is 5.75 Å². The number of halogens is 5. The molecule has 0 saturated heterocycles. The summed E-state index contributed by atoms with van der Waals surface area (Å²) in [6.07, 6.45) is 0. The number of alkyl halides is 1. The average molecular weight is 415 g/mol. The number of ether oxygens (including phenoxy) is 1. The van der Waals surface area contributed by atoms with Crippen LogP contribution in [-0.2, 0) is 0 Å². The molecule has 2 aromatic carbocycles. The van der Waals surface area contributed by atoms with Gasteiger partial charge in [0.25, 0.3) is 0 Å². The van der Waals surface area contributed by atoms with Crippen molar-refractivity contribution in [1.29, 1.82) is 0 Å². The smallest absolute Gasteiger partial charge is 0.138 e. The van der Waals surface area contributed by atoms with Crippen molar-refractivity contribution in [3.05, 3.63) is 61.5 Å². The summed E-state index contributed by atoms with van der Waals surface area (Å²) >= 11 is 28.2. The molecule has 0 amide bonds. The minimum absolute atomic E-state index is 0.218. The summed E-state index contributed by atoms with van der Waals surface area (Å²) in [6, 6.07) is 8.69. The van der Waals surface area contributed by atoms with Gasteiger partial charge < -0.3 is 4.74 Å². The zero-order valence-electron chi connectivity index (χ0n) is 10.3. The van der Waals surface area contributed by atoms with Gasteiger partial charge in [0.2, 0.25) is 0 Å². The number of methoxy groups -OCH3 is 1. The minimum atomic E-state index is -0.218. The molecule has 0 radical (unpaired) electrons. The Kier molecular flexibility index (Phi) is 5.49. The van der Waals surface area contributed by atoms with E-state index in [1.807, 2.05) is 0 Å². The van der Waals surface area contributed by atoms with Crippen molar-refractivity contribution in [1.82, 2.24) is 0 Å². The Morgan fingerprint density at radius 3 is 2.20 bits per heavy atom. The number of benzene rings is 2. The van der Waals surface area contributed by atoms with Crippen molar-refractivity contribution >= 4 is 62.3 Å².